The molecule has 1 aliphatic heterocycles. The SMILES string of the molecule is CC1(C)Cc2c([nH]c3cc(Br)ccc23)CN1C(=O)O. The summed E-state index contributed by atoms with van der Waals surface area (Å²) in [5.74, 6) is 0. The van der Waals surface area contributed by atoms with Gasteiger partial charge in [0, 0.05) is 26.6 Å². The van der Waals surface area contributed by atoms with Crippen molar-refractivity contribution in [2.75, 3.05) is 0 Å². The number of nitrogens with one attached hydrogen (secondary N) is 1. The maximum Gasteiger partial charge on any atom is 0.408 e. The first kappa shape index (κ1) is 12.5. The Labute approximate surface area is 119 Å². The number of hydrogen-bond acceptors (Lipinski definition) is 1. The summed E-state index contributed by atoms with van der Waals surface area (Å²) in [5, 5.41) is 10.5. The number of aromatic nitrogens is 1. The van der Waals surface area contributed by atoms with E-state index < -0.39 is 6.09 Å². The Hall–Kier alpha value is -1.49. The van der Waals surface area contributed by atoms with Crippen LogP contribution in [0.25, 0.3) is 10.9 Å². The van der Waals surface area contributed by atoms with Crippen LogP contribution < -0.4 is 0 Å². The van der Waals surface area contributed by atoms with Crippen LogP contribution in [0.1, 0.15) is 25.1 Å². The number of halogens is 1. The lowest BCUT2D eigenvalue weighted by Gasteiger charge is -2.40. The number of carboxylic acid groups (broad SMARTS) is 1. The van der Waals surface area contributed by atoms with E-state index in [0.717, 1.165) is 22.1 Å². The largest absolute Gasteiger partial charge is 0.465 e. The van der Waals surface area contributed by atoms with Crippen molar-refractivity contribution in [2.24, 2.45) is 0 Å². The van der Waals surface area contributed by atoms with Crippen LogP contribution in [0.5, 0.6) is 0 Å². The molecule has 0 unspecified atom stereocenters. The molecular weight excluding hydrogens is 308 g/mol. The molecule has 1 aromatic carbocycles. The van der Waals surface area contributed by atoms with Gasteiger partial charge in [0.2, 0.25) is 0 Å². The van der Waals surface area contributed by atoms with E-state index in [2.05, 4.69) is 27.0 Å². The molecule has 0 spiro atoms. The third-order valence-corrected chi connectivity index (χ3v) is 4.34. The highest BCUT2D eigenvalue weighted by atomic mass is 79.9. The van der Waals surface area contributed by atoms with Crippen LogP contribution in [-0.2, 0) is 13.0 Å². The molecule has 0 bridgehead atoms. The minimum Gasteiger partial charge on any atom is -0.465 e. The second-order valence-electron chi connectivity index (χ2n) is 5.63. The Morgan fingerprint density at radius 1 is 1.47 bits per heavy atom. The molecule has 0 saturated heterocycles. The lowest BCUT2D eigenvalue weighted by atomic mass is 9.87. The van der Waals surface area contributed by atoms with Crippen molar-refractivity contribution in [3.63, 3.8) is 0 Å². The van der Waals surface area contributed by atoms with Crippen LogP contribution in [0.4, 0.5) is 4.79 Å². The first-order chi connectivity index (χ1) is 8.88. The van der Waals surface area contributed by atoms with Crippen LogP contribution in [0.2, 0.25) is 0 Å². The number of H-pyrrole nitrogens is 1. The van der Waals surface area contributed by atoms with Crippen molar-refractivity contribution in [3.05, 3.63) is 33.9 Å². The maximum atomic E-state index is 11.4. The topological polar surface area (TPSA) is 56.3 Å². The van der Waals surface area contributed by atoms with Gasteiger partial charge < -0.3 is 10.1 Å². The van der Waals surface area contributed by atoms with Gasteiger partial charge in [-0.15, -0.1) is 0 Å². The Balaban J connectivity index is 2.16. The van der Waals surface area contributed by atoms with Crippen molar-refractivity contribution < 1.29 is 9.90 Å². The minimum atomic E-state index is -0.865. The third kappa shape index (κ3) is 1.92. The molecule has 2 N–H and O–H groups in total. The van der Waals surface area contributed by atoms with Gasteiger partial charge in [-0.1, -0.05) is 22.0 Å². The second-order valence-corrected chi connectivity index (χ2v) is 6.55. The molecule has 100 valence electrons. The molecule has 0 radical (unpaired) electrons. The van der Waals surface area contributed by atoms with Crippen LogP contribution in [0.3, 0.4) is 0 Å². The van der Waals surface area contributed by atoms with Gasteiger partial charge in [0.25, 0.3) is 0 Å². The predicted octanol–water partition coefficient (Wildman–Crippen LogP) is 3.75. The number of amides is 1. The molecule has 1 aliphatic rings. The van der Waals surface area contributed by atoms with Gasteiger partial charge in [0.15, 0.2) is 0 Å². The molecule has 3 rings (SSSR count). The highest BCUT2D eigenvalue weighted by molar-refractivity contribution is 9.10. The van der Waals surface area contributed by atoms with Gasteiger partial charge in [-0.05, 0) is 38.0 Å². The van der Waals surface area contributed by atoms with E-state index >= 15 is 0 Å². The summed E-state index contributed by atoms with van der Waals surface area (Å²) in [7, 11) is 0. The zero-order valence-corrected chi connectivity index (χ0v) is 12.4. The van der Waals surface area contributed by atoms with Gasteiger partial charge in [-0.2, -0.15) is 0 Å². The van der Waals surface area contributed by atoms with E-state index in [4.69, 9.17) is 0 Å². The maximum absolute atomic E-state index is 11.4. The van der Waals surface area contributed by atoms with Crippen LogP contribution in [0.15, 0.2) is 22.7 Å². The number of aromatic amines is 1. The van der Waals surface area contributed by atoms with Crippen molar-refractivity contribution >= 4 is 32.9 Å². The van der Waals surface area contributed by atoms with E-state index in [-0.39, 0.29) is 5.54 Å². The quantitative estimate of drug-likeness (QED) is 0.776. The van der Waals surface area contributed by atoms with Gasteiger partial charge in [-0.3, -0.25) is 4.90 Å². The first-order valence-electron chi connectivity index (χ1n) is 6.18. The van der Waals surface area contributed by atoms with Crippen LogP contribution in [0, 0.1) is 0 Å². The number of carbonyl (C=O) groups is 1. The van der Waals surface area contributed by atoms with Gasteiger partial charge in [0.1, 0.15) is 0 Å². The number of rotatable bonds is 0. The van der Waals surface area contributed by atoms with E-state index in [1.54, 1.807) is 0 Å². The molecule has 2 aromatic rings. The van der Waals surface area contributed by atoms with Crippen molar-refractivity contribution in [2.45, 2.75) is 32.4 Å². The Bertz CT molecular complexity index is 675. The average Bonchev–Trinajstić information content (AvgIpc) is 2.62. The number of fused-ring (bicyclic) bond motifs is 3. The second kappa shape index (κ2) is 4.00. The fourth-order valence-electron chi connectivity index (χ4n) is 2.85. The van der Waals surface area contributed by atoms with Crippen LogP contribution in [-0.4, -0.2) is 26.6 Å². The minimum absolute atomic E-state index is 0.374. The van der Waals surface area contributed by atoms with E-state index in [1.165, 1.54) is 15.8 Å². The average molecular weight is 323 g/mol. The molecule has 19 heavy (non-hydrogen) atoms. The zero-order chi connectivity index (χ0) is 13.8. The fraction of sp³-hybridized carbons (Fsp3) is 0.357. The van der Waals surface area contributed by atoms with E-state index in [9.17, 15) is 9.90 Å². The van der Waals surface area contributed by atoms with Crippen LogP contribution >= 0.6 is 15.9 Å². The molecule has 5 heteroatoms. The molecule has 0 fully saturated rings. The van der Waals surface area contributed by atoms with Gasteiger partial charge in [0.05, 0.1) is 6.54 Å². The highest BCUT2D eigenvalue weighted by Crippen LogP contribution is 2.35. The number of benzene rings is 1. The van der Waals surface area contributed by atoms with Crippen molar-refractivity contribution in [3.8, 4) is 0 Å². The Morgan fingerprint density at radius 3 is 2.89 bits per heavy atom. The monoisotopic (exact) mass is 322 g/mol. The van der Waals surface area contributed by atoms with Crippen molar-refractivity contribution in [1.82, 2.24) is 9.88 Å². The molecule has 0 aliphatic carbocycles. The molecular formula is C14H15BrN2O2. The number of nitrogens with zero attached hydrogens (tertiary/aromatic N) is 1. The summed E-state index contributed by atoms with van der Waals surface area (Å²) in [6.45, 7) is 4.37. The van der Waals surface area contributed by atoms with Gasteiger partial charge in [-0.25, -0.2) is 4.79 Å². The summed E-state index contributed by atoms with van der Waals surface area (Å²) >= 11 is 3.46. The highest BCUT2D eigenvalue weighted by Gasteiger charge is 2.37. The Kier molecular flexibility index (Phi) is 2.64. The zero-order valence-electron chi connectivity index (χ0n) is 10.8. The lowest BCUT2D eigenvalue weighted by molar-refractivity contribution is 0.0794. The summed E-state index contributed by atoms with van der Waals surface area (Å²) in [6, 6.07) is 6.14. The summed E-state index contributed by atoms with van der Waals surface area (Å²) in [5.41, 5.74) is 2.93. The third-order valence-electron chi connectivity index (χ3n) is 3.84. The first-order valence-corrected chi connectivity index (χ1v) is 6.97. The van der Waals surface area contributed by atoms with Gasteiger partial charge >= 0.3 is 6.09 Å². The molecule has 1 aromatic heterocycles. The predicted molar refractivity (Wildman–Crippen MR) is 77.3 cm³/mol. The summed E-state index contributed by atoms with van der Waals surface area (Å²) < 4.78 is 1.02. The Morgan fingerprint density at radius 2 is 2.21 bits per heavy atom. The number of hydrogen-bond donors (Lipinski definition) is 2. The molecule has 0 saturated carbocycles. The molecule has 0 atom stereocenters. The van der Waals surface area contributed by atoms with E-state index in [0.29, 0.717) is 6.54 Å². The van der Waals surface area contributed by atoms with E-state index in [1.807, 2.05) is 26.0 Å². The summed E-state index contributed by atoms with van der Waals surface area (Å²) in [6.07, 6.45) is -0.133. The van der Waals surface area contributed by atoms with Crippen molar-refractivity contribution in [1.29, 1.82) is 0 Å². The molecule has 1 amide bonds. The molecule has 2 heterocycles. The lowest BCUT2D eigenvalue weighted by Crippen LogP contribution is -2.50. The normalized spacial score (nSPS) is 17.5. The standard InChI is InChI=1S/C14H15BrN2O2/c1-14(2)6-10-9-4-3-8(15)5-11(9)16-12(10)7-17(14)13(18)19/h3-5,16H,6-7H2,1-2H3,(H,18,19). The summed E-state index contributed by atoms with van der Waals surface area (Å²) in [4.78, 5) is 16.2. The fourth-order valence-corrected chi connectivity index (χ4v) is 3.21. The smallest absolute Gasteiger partial charge is 0.408 e. The molecule has 4 nitrogen and oxygen atoms in total.